The van der Waals surface area contributed by atoms with Crippen LogP contribution in [0.2, 0.25) is 0 Å². The molecule has 0 aliphatic rings. The minimum absolute atomic E-state index is 0.543. The standard InChI is InChI=1S/C9H8BrNO/c10-9-6(5-11)1-2-8-7(9)3-4-12-8/h1-4H,5,11H2. The second-order valence-electron chi connectivity index (χ2n) is 2.58. The highest BCUT2D eigenvalue weighted by Crippen LogP contribution is 2.28. The van der Waals surface area contributed by atoms with Crippen LogP contribution < -0.4 is 5.73 Å². The Bertz CT molecular complexity index is 408. The maximum atomic E-state index is 5.55. The smallest absolute Gasteiger partial charge is 0.135 e. The third kappa shape index (κ3) is 1.06. The Morgan fingerprint density at radius 2 is 2.17 bits per heavy atom. The number of hydrogen-bond acceptors (Lipinski definition) is 2. The van der Waals surface area contributed by atoms with E-state index in [1.54, 1.807) is 6.26 Å². The summed E-state index contributed by atoms with van der Waals surface area (Å²) in [7, 11) is 0. The summed E-state index contributed by atoms with van der Waals surface area (Å²) in [5, 5.41) is 1.08. The lowest BCUT2D eigenvalue weighted by Crippen LogP contribution is -1.96. The topological polar surface area (TPSA) is 39.2 Å². The van der Waals surface area contributed by atoms with Crippen LogP contribution in [-0.4, -0.2) is 0 Å². The summed E-state index contributed by atoms with van der Waals surface area (Å²) >= 11 is 3.48. The lowest BCUT2D eigenvalue weighted by molar-refractivity contribution is 0.615. The molecule has 62 valence electrons. The van der Waals surface area contributed by atoms with Crippen molar-refractivity contribution >= 4 is 26.9 Å². The Hall–Kier alpha value is -0.800. The number of furan rings is 1. The summed E-state index contributed by atoms with van der Waals surface area (Å²) < 4.78 is 6.27. The second kappa shape index (κ2) is 2.92. The summed E-state index contributed by atoms with van der Waals surface area (Å²) in [6.07, 6.45) is 1.68. The Labute approximate surface area is 78.5 Å². The number of hydrogen-bond donors (Lipinski definition) is 1. The molecule has 0 unspecified atom stereocenters. The van der Waals surface area contributed by atoms with E-state index in [0.29, 0.717) is 6.54 Å². The van der Waals surface area contributed by atoms with Crippen molar-refractivity contribution in [1.29, 1.82) is 0 Å². The highest BCUT2D eigenvalue weighted by atomic mass is 79.9. The van der Waals surface area contributed by atoms with Gasteiger partial charge in [-0.15, -0.1) is 0 Å². The molecule has 2 N–H and O–H groups in total. The van der Waals surface area contributed by atoms with Gasteiger partial charge in [-0.3, -0.25) is 0 Å². The van der Waals surface area contributed by atoms with Crippen LogP contribution in [-0.2, 0) is 6.54 Å². The zero-order valence-corrected chi connectivity index (χ0v) is 7.97. The highest BCUT2D eigenvalue weighted by molar-refractivity contribution is 9.10. The molecule has 2 rings (SSSR count). The van der Waals surface area contributed by atoms with E-state index < -0.39 is 0 Å². The van der Waals surface area contributed by atoms with Gasteiger partial charge in [0.25, 0.3) is 0 Å². The minimum Gasteiger partial charge on any atom is -0.464 e. The molecule has 0 saturated heterocycles. The van der Waals surface area contributed by atoms with Gasteiger partial charge in [0.2, 0.25) is 0 Å². The van der Waals surface area contributed by atoms with Crippen molar-refractivity contribution in [3.63, 3.8) is 0 Å². The first-order valence-corrected chi connectivity index (χ1v) is 4.47. The van der Waals surface area contributed by atoms with E-state index in [0.717, 1.165) is 21.0 Å². The van der Waals surface area contributed by atoms with Gasteiger partial charge in [0.1, 0.15) is 5.58 Å². The van der Waals surface area contributed by atoms with Crippen LogP contribution in [0.25, 0.3) is 11.0 Å². The zero-order valence-electron chi connectivity index (χ0n) is 6.38. The van der Waals surface area contributed by atoms with Gasteiger partial charge in [-0.25, -0.2) is 0 Å². The van der Waals surface area contributed by atoms with Gasteiger partial charge in [-0.05, 0) is 33.6 Å². The molecule has 1 aromatic carbocycles. The molecular formula is C9H8BrNO. The normalized spacial score (nSPS) is 10.8. The van der Waals surface area contributed by atoms with E-state index in [9.17, 15) is 0 Å². The molecule has 3 heteroatoms. The van der Waals surface area contributed by atoms with E-state index in [1.807, 2.05) is 18.2 Å². The van der Waals surface area contributed by atoms with Gasteiger partial charge in [0.05, 0.1) is 6.26 Å². The van der Waals surface area contributed by atoms with Crippen LogP contribution in [0.4, 0.5) is 0 Å². The second-order valence-corrected chi connectivity index (χ2v) is 3.37. The summed E-state index contributed by atoms with van der Waals surface area (Å²) in [6, 6.07) is 5.83. The molecule has 1 aromatic heterocycles. The Balaban J connectivity index is 2.78. The molecule has 2 nitrogen and oxygen atoms in total. The molecule has 0 aliphatic carbocycles. The van der Waals surface area contributed by atoms with Crippen LogP contribution in [0.15, 0.2) is 33.4 Å². The monoisotopic (exact) mass is 225 g/mol. The summed E-state index contributed by atoms with van der Waals surface area (Å²) in [4.78, 5) is 0. The first kappa shape index (κ1) is 7.83. The molecule has 0 aliphatic heterocycles. The van der Waals surface area contributed by atoms with Gasteiger partial charge >= 0.3 is 0 Å². The van der Waals surface area contributed by atoms with Crippen molar-refractivity contribution < 1.29 is 4.42 Å². The minimum atomic E-state index is 0.543. The van der Waals surface area contributed by atoms with Crippen LogP contribution in [0, 0.1) is 0 Å². The van der Waals surface area contributed by atoms with Gasteiger partial charge in [-0.2, -0.15) is 0 Å². The van der Waals surface area contributed by atoms with Crippen LogP contribution in [0.5, 0.6) is 0 Å². The number of halogens is 1. The molecule has 0 atom stereocenters. The quantitative estimate of drug-likeness (QED) is 0.811. The van der Waals surface area contributed by atoms with E-state index in [1.165, 1.54) is 0 Å². The molecule has 0 fully saturated rings. The van der Waals surface area contributed by atoms with Crippen LogP contribution >= 0.6 is 15.9 Å². The Morgan fingerprint density at radius 3 is 2.92 bits per heavy atom. The molecule has 0 saturated carbocycles. The number of rotatable bonds is 1. The maximum absolute atomic E-state index is 5.55. The van der Waals surface area contributed by atoms with Gasteiger partial charge in [-0.1, -0.05) is 6.07 Å². The predicted octanol–water partition coefficient (Wildman–Crippen LogP) is 2.65. The van der Waals surface area contributed by atoms with E-state index >= 15 is 0 Å². The van der Waals surface area contributed by atoms with Crippen molar-refractivity contribution in [3.05, 3.63) is 34.5 Å². The van der Waals surface area contributed by atoms with E-state index in [4.69, 9.17) is 10.2 Å². The fourth-order valence-corrected chi connectivity index (χ4v) is 1.83. The first-order valence-electron chi connectivity index (χ1n) is 3.67. The Kier molecular flexibility index (Phi) is 1.90. The van der Waals surface area contributed by atoms with Gasteiger partial charge < -0.3 is 10.2 Å². The van der Waals surface area contributed by atoms with Crippen molar-refractivity contribution in [2.75, 3.05) is 0 Å². The molecular weight excluding hydrogens is 218 g/mol. The van der Waals surface area contributed by atoms with Gasteiger partial charge in [0.15, 0.2) is 0 Å². The Morgan fingerprint density at radius 1 is 1.33 bits per heavy atom. The van der Waals surface area contributed by atoms with E-state index in [-0.39, 0.29) is 0 Å². The zero-order chi connectivity index (χ0) is 8.55. The highest BCUT2D eigenvalue weighted by Gasteiger charge is 2.04. The van der Waals surface area contributed by atoms with Crippen molar-refractivity contribution in [1.82, 2.24) is 0 Å². The maximum Gasteiger partial charge on any atom is 0.135 e. The molecule has 12 heavy (non-hydrogen) atoms. The molecule has 1 heterocycles. The third-order valence-electron chi connectivity index (χ3n) is 1.87. The number of benzene rings is 1. The fourth-order valence-electron chi connectivity index (χ4n) is 1.21. The lowest BCUT2D eigenvalue weighted by atomic mass is 10.2. The summed E-state index contributed by atoms with van der Waals surface area (Å²) in [5.74, 6) is 0. The van der Waals surface area contributed by atoms with Crippen LogP contribution in [0.1, 0.15) is 5.56 Å². The summed E-state index contributed by atoms with van der Waals surface area (Å²) in [5.41, 5.74) is 7.54. The fraction of sp³-hybridized carbons (Fsp3) is 0.111. The van der Waals surface area contributed by atoms with Gasteiger partial charge in [0, 0.05) is 16.4 Å². The number of fused-ring (bicyclic) bond motifs is 1. The predicted molar refractivity (Wildman–Crippen MR) is 51.8 cm³/mol. The molecule has 0 amide bonds. The average molecular weight is 226 g/mol. The first-order chi connectivity index (χ1) is 5.83. The van der Waals surface area contributed by atoms with Crippen molar-refractivity contribution in [3.8, 4) is 0 Å². The van der Waals surface area contributed by atoms with Crippen LogP contribution in [0.3, 0.4) is 0 Å². The van der Waals surface area contributed by atoms with Crippen molar-refractivity contribution in [2.24, 2.45) is 5.73 Å². The molecule has 2 aromatic rings. The molecule has 0 spiro atoms. The third-order valence-corrected chi connectivity index (χ3v) is 2.81. The largest absolute Gasteiger partial charge is 0.464 e. The summed E-state index contributed by atoms with van der Waals surface area (Å²) in [6.45, 7) is 0.543. The lowest BCUT2D eigenvalue weighted by Gasteiger charge is -2.00. The SMILES string of the molecule is NCc1ccc2occc2c1Br. The van der Waals surface area contributed by atoms with Crippen molar-refractivity contribution in [2.45, 2.75) is 6.54 Å². The molecule has 0 bridgehead atoms. The average Bonchev–Trinajstić information content (AvgIpc) is 2.53. The number of nitrogens with two attached hydrogens (primary N) is 1. The molecule has 0 radical (unpaired) electrons. The van der Waals surface area contributed by atoms with E-state index in [2.05, 4.69) is 15.9 Å².